The van der Waals surface area contributed by atoms with Crippen molar-refractivity contribution in [3.63, 3.8) is 0 Å². The Morgan fingerprint density at radius 2 is 2.13 bits per heavy atom. The van der Waals surface area contributed by atoms with Gasteiger partial charge in [-0.2, -0.15) is 0 Å². The normalized spacial score (nSPS) is 23.2. The van der Waals surface area contributed by atoms with Crippen molar-refractivity contribution >= 4 is 23.6 Å². The molecule has 0 aromatic heterocycles. The molecule has 1 aliphatic heterocycles. The minimum Gasteiger partial charge on any atom is -0.480 e. The molecule has 5 heteroatoms. The van der Waals surface area contributed by atoms with Crippen molar-refractivity contribution in [2.75, 3.05) is 12.8 Å². The number of hydrogen-bond donors (Lipinski definition) is 1. The lowest BCUT2D eigenvalue weighted by atomic mass is 10.1. The van der Waals surface area contributed by atoms with Gasteiger partial charge in [-0.3, -0.25) is 4.79 Å². The van der Waals surface area contributed by atoms with Gasteiger partial charge in [0.1, 0.15) is 6.04 Å². The summed E-state index contributed by atoms with van der Waals surface area (Å²) in [6.07, 6.45) is 3.10. The topological polar surface area (TPSA) is 57.6 Å². The van der Waals surface area contributed by atoms with Gasteiger partial charge in [0.2, 0.25) is 5.91 Å². The number of hydrogen-bond acceptors (Lipinski definition) is 3. The fraction of sp³-hybridized carbons (Fsp3) is 0.800. The van der Waals surface area contributed by atoms with Crippen LogP contribution >= 0.6 is 11.8 Å². The maximum atomic E-state index is 11.9. The Hall–Kier alpha value is -0.710. The van der Waals surface area contributed by atoms with E-state index in [1.165, 1.54) is 11.8 Å². The highest BCUT2D eigenvalue weighted by molar-refractivity contribution is 8.00. The summed E-state index contributed by atoms with van der Waals surface area (Å²) in [6.45, 7) is 1.54. The van der Waals surface area contributed by atoms with Crippen molar-refractivity contribution in [3.8, 4) is 0 Å². The number of carbonyl (C=O) groups excluding carboxylic acids is 1. The van der Waals surface area contributed by atoms with Gasteiger partial charge in [-0.15, -0.1) is 11.8 Å². The first kappa shape index (κ1) is 12.4. The van der Waals surface area contributed by atoms with Crippen LogP contribution in [0.4, 0.5) is 0 Å². The molecule has 2 atom stereocenters. The molecule has 1 rings (SSSR count). The SMILES string of the molecule is C[C@@H](C(=O)O)N(C)C(=O)C1CCCCS1. The lowest BCUT2D eigenvalue weighted by Gasteiger charge is -2.28. The van der Waals surface area contributed by atoms with Crippen LogP contribution in [0.3, 0.4) is 0 Å². The van der Waals surface area contributed by atoms with Crippen molar-refractivity contribution in [3.05, 3.63) is 0 Å². The maximum absolute atomic E-state index is 11.9. The predicted octanol–water partition coefficient (Wildman–Crippen LogP) is 1.20. The summed E-state index contributed by atoms with van der Waals surface area (Å²) in [7, 11) is 1.57. The third-order valence-electron chi connectivity index (χ3n) is 2.74. The second-order valence-corrected chi connectivity index (χ2v) is 5.13. The van der Waals surface area contributed by atoms with Gasteiger partial charge in [0.05, 0.1) is 5.25 Å². The molecule has 0 bridgehead atoms. The van der Waals surface area contributed by atoms with Gasteiger partial charge in [0.15, 0.2) is 0 Å². The van der Waals surface area contributed by atoms with E-state index in [4.69, 9.17) is 5.11 Å². The van der Waals surface area contributed by atoms with Crippen LogP contribution in [0.1, 0.15) is 26.2 Å². The first-order valence-corrected chi connectivity index (χ1v) is 6.20. The predicted molar refractivity (Wildman–Crippen MR) is 60.0 cm³/mol. The lowest BCUT2D eigenvalue weighted by molar-refractivity contribution is -0.148. The highest BCUT2D eigenvalue weighted by atomic mass is 32.2. The average Bonchev–Trinajstić information content (AvgIpc) is 2.27. The molecular weight excluding hydrogens is 214 g/mol. The number of carboxylic acids is 1. The van der Waals surface area contributed by atoms with Crippen molar-refractivity contribution in [1.82, 2.24) is 4.90 Å². The van der Waals surface area contributed by atoms with Gasteiger partial charge in [0, 0.05) is 7.05 Å². The second-order valence-electron chi connectivity index (χ2n) is 3.82. The highest BCUT2D eigenvalue weighted by Crippen LogP contribution is 2.26. The van der Waals surface area contributed by atoms with Gasteiger partial charge in [-0.1, -0.05) is 6.42 Å². The number of carbonyl (C=O) groups is 2. The third kappa shape index (κ3) is 3.12. The van der Waals surface area contributed by atoms with Crippen LogP contribution in [-0.4, -0.2) is 46.0 Å². The first-order chi connectivity index (χ1) is 7.04. The van der Waals surface area contributed by atoms with E-state index in [1.54, 1.807) is 18.8 Å². The van der Waals surface area contributed by atoms with Crippen molar-refractivity contribution in [2.24, 2.45) is 0 Å². The Morgan fingerprint density at radius 1 is 1.47 bits per heavy atom. The minimum absolute atomic E-state index is 0.0365. The molecule has 0 aliphatic carbocycles. The van der Waals surface area contributed by atoms with Gasteiger partial charge in [0.25, 0.3) is 0 Å². The standard InChI is InChI=1S/C10H17NO3S/c1-7(10(13)14)11(2)9(12)8-5-3-4-6-15-8/h7-8H,3-6H2,1-2H3,(H,13,14)/t7-,8?/m0/s1. The molecule has 0 aromatic rings. The van der Waals surface area contributed by atoms with Gasteiger partial charge < -0.3 is 10.0 Å². The summed E-state index contributed by atoms with van der Waals surface area (Å²) in [6, 6.07) is -0.736. The molecule has 1 aliphatic rings. The van der Waals surface area contributed by atoms with Gasteiger partial charge >= 0.3 is 5.97 Å². The molecule has 0 aromatic carbocycles. The van der Waals surface area contributed by atoms with Crippen LogP contribution < -0.4 is 0 Å². The number of aliphatic carboxylic acids is 1. The molecular formula is C10H17NO3S. The molecule has 0 radical (unpaired) electrons. The van der Waals surface area contributed by atoms with E-state index in [-0.39, 0.29) is 11.2 Å². The molecule has 1 N–H and O–H groups in total. The van der Waals surface area contributed by atoms with E-state index in [9.17, 15) is 9.59 Å². The summed E-state index contributed by atoms with van der Waals surface area (Å²) in [5.41, 5.74) is 0. The van der Waals surface area contributed by atoms with Crippen molar-refractivity contribution in [1.29, 1.82) is 0 Å². The summed E-state index contributed by atoms with van der Waals surface area (Å²) >= 11 is 1.64. The van der Waals surface area contributed by atoms with E-state index in [2.05, 4.69) is 0 Å². The Balaban J connectivity index is 2.54. The summed E-state index contributed by atoms with van der Waals surface area (Å²) in [5.74, 6) is 0.00682. The second kappa shape index (κ2) is 5.39. The fourth-order valence-corrected chi connectivity index (χ4v) is 2.82. The Bertz CT molecular complexity index is 251. The molecule has 1 amide bonds. The first-order valence-electron chi connectivity index (χ1n) is 5.15. The molecule has 15 heavy (non-hydrogen) atoms. The molecule has 1 unspecified atom stereocenters. The van der Waals surface area contributed by atoms with E-state index < -0.39 is 12.0 Å². The smallest absolute Gasteiger partial charge is 0.326 e. The Labute approximate surface area is 94.0 Å². The number of amides is 1. The zero-order chi connectivity index (χ0) is 11.4. The zero-order valence-electron chi connectivity index (χ0n) is 9.10. The van der Waals surface area contributed by atoms with Crippen LogP contribution in [0, 0.1) is 0 Å². The number of carboxylic acid groups (broad SMARTS) is 1. The van der Waals surface area contributed by atoms with Crippen LogP contribution in [0.15, 0.2) is 0 Å². The summed E-state index contributed by atoms with van der Waals surface area (Å²) in [4.78, 5) is 24.0. The van der Waals surface area contributed by atoms with Crippen molar-refractivity contribution < 1.29 is 14.7 Å². The maximum Gasteiger partial charge on any atom is 0.326 e. The fourth-order valence-electron chi connectivity index (χ4n) is 1.52. The zero-order valence-corrected chi connectivity index (χ0v) is 9.92. The third-order valence-corrected chi connectivity index (χ3v) is 4.11. The Morgan fingerprint density at radius 3 is 2.60 bits per heavy atom. The van der Waals surface area contributed by atoms with Crippen LogP contribution in [0.25, 0.3) is 0 Å². The van der Waals surface area contributed by atoms with Gasteiger partial charge in [-0.25, -0.2) is 4.79 Å². The largest absolute Gasteiger partial charge is 0.480 e. The monoisotopic (exact) mass is 231 g/mol. The number of likely N-dealkylation sites (N-methyl/N-ethyl adjacent to an activating group) is 1. The van der Waals surface area contributed by atoms with E-state index in [1.807, 2.05) is 0 Å². The molecule has 0 saturated carbocycles. The quantitative estimate of drug-likeness (QED) is 0.793. The molecule has 1 fully saturated rings. The lowest BCUT2D eigenvalue weighted by Crippen LogP contribution is -2.44. The van der Waals surface area contributed by atoms with Crippen LogP contribution in [0.2, 0.25) is 0 Å². The van der Waals surface area contributed by atoms with E-state index in [0.29, 0.717) is 0 Å². The summed E-state index contributed by atoms with van der Waals surface area (Å²) < 4.78 is 0. The minimum atomic E-state index is -0.952. The number of rotatable bonds is 3. The highest BCUT2D eigenvalue weighted by Gasteiger charge is 2.29. The average molecular weight is 231 g/mol. The molecule has 1 heterocycles. The van der Waals surface area contributed by atoms with E-state index >= 15 is 0 Å². The van der Waals surface area contributed by atoms with Crippen LogP contribution in [0.5, 0.6) is 0 Å². The van der Waals surface area contributed by atoms with Crippen molar-refractivity contribution in [2.45, 2.75) is 37.5 Å². The van der Waals surface area contributed by atoms with Gasteiger partial charge in [-0.05, 0) is 25.5 Å². The van der Waals surface area contributed by atoms with Crippen LogP contribution in [-0.2, 0) is 9.59 Å². The van der Waals surface area contributed by atoms with E-state index in [0.717, 1.165) is 25.0 Å². The molecule has 0 spiro atoms. The molecule has 86 valence electrons. The molecule has 1 saturated heterocycles. The number of thioether (sulfide) groups is 1. The summed E-state index contributed by atoms with van der Waals surface area (Å²) in [5, 5.41) is 8.76. The Kier molecular flexibility index (Phi) is 4.45. The molecule has 4 nitrogen and oxygen atoms in total. The number of nitrogens with zero attached hydrogens (tertiary/aromatic N) is 1.